The summed E-state index contributed by atoms with van der Waals surface area (Å²) in [5, 5.41) is 13.3. The minimum absolute atomic E-state index is 0.224. The molecule has 1 fully saturated rings. The van der Waals surface area contributed by atoms with Crippen LogP contribution in [0.15, 0.2) is 53.0 Å². The van der Waals surface area contributed by atoms with Crippen molar-refractivity contribution in [3.8, 4) is 11.4 Å². The highest BCUT2D eigenvalue weighted by Gasteiger charge is 2.26. The Morgan fingerprint density at radius 3 is 2.60 bits per heavy atom. The van der Waals surface area contributed by atoms with Crippen LogP contribution in [-0.4, -0.2) is 36.6 Å². The number of anilines is 1. The molecule has 0 radical (unpaired) electrons. The highest BCUT2D eigenvalue weighted by Crippen LogP contribution is 2.33. The van der Waals surface area contributed by atoms with E-state index in [0.29, 0.717) is 23.9 Å². The van der Waals surface area contributed by atoms with Gasteiger partial charge in [0, 0.05) is 22.6 Å². The molecule has 0 amide bonds. The molecule has 2 unspecified atom stereocenters. The molecule has 0 bridgehead atoms. The largest absolute Gasteiger partial charge is 0.475 e. The molecule has 1 aliphatic carbocycles. The monoisotopic (exact) mass is 533 g/mol. The van der Waals surface area contributed by atoms with E-state index in [1.165, 1.54) is 6.42 Å². The van der Waals surface area contributed by atoms with Gasteiger partial charge in [-0.3, -0.25) is 0 Å². The van der Waals surface area contributed by atoms with Crippen LogP contribution in [0.5, 0.6) is 0 Å². The third-order valence-corrected chi connectivity index (χ3v) is 7.29. The zero-order chi connectivity index (χ0) is 24.5. The Labute approximate surface area is 212 Å². The molecule has 8 heteroatoms. The number of aromatic carboxylic acids is 1. The van der Waals surface area contributed by atoms with Gasteiger partial charge in [0.2, 0.25) is 5.82 Å². The first-order chi connectivity index (χ1) is 16.9. The number of fused-ring (bicyclic) bond motifs is 1. The minimum atomic E-state index is -1.16. The first kappa shape index (κ1) is 23.5. The van der Waals surface area contributed by atoms with Crippen LogP contribution in [0.3, 0.4) is 0 Å². The summed E-state index contributed by atoms with van der Waals surface area (Å²) in [5.41, 5.74) is 4.29. The van der Waals surface area contributed by atoms with Gasteiger partial charge in [-0.25, -0.2) is 19.7 Å². The van der Waals surface area contributed by atoms with Gasteiger partial charge in [-0.15, -0.1) is 0 Å². The van der Waals surface area contributed by atoms with Crippen LogP contribution in [0.1, 0.15) is 54.4 Å². The third-order valence-electron chi connectivity index (χ3n) is 6.76. The van der Waals surface area contributed by atoms with Gasteiger partial charge in [0.25, 0.3) is 0 Å². The van der Waals surface area contributed by atoms with Gasteiger partial charge in [0.05, 0.1) is 0 Å². The van der Waals surface area contributed by atoms with Crippen LogP contribution in [0.2, 0.25) is 0 Å². The molecule has 180 valence electrons. The van der Waals surface area contributed by atoms with Crippen molar-refractivity contribution in [1.82, 2.24) is 19.5 Å². The van der Waals surface area contributed by atoms with E-state index < -0.39 is 5.97 Å². The van der Waals surface area contributed by atoms with Gasteiger partial charge in [-0.2, -0.15) is 0 Å². The molecule has 2 N–H and O–H groups in total. The molecule has 5 rings (SSSR count). The van der Waals surface area contributed by atoms with Crippen molar-refractivity contribution in [3.05, 3.63) is 70.0 Å². The number of imidazole rings is 1. The summed E-state index contributed by atoms with van der Waals surface area (Å²) in [4.78, 5) is 25.6. The second-order valence-electron chi connectivity index (χ2n) is 9.40. The zero-order valence-corrected chi connectivity index (χ0v) is 21.4. The smallest absolute Gasteiger partial charge is 0.374 e. The molecule has 1 aliphatic rings. The van der Waals surface area contributed by atoms with Crippen molar-refractivity contribution in [1.29, 1.82) is 0 Å². The Morgan fingerprint density at radius 2 is 1.89 bits per heavy atom. The highest BCUT2D eigenvalue weighted by molar-refractivity contribution is 9.10. The van der Waals surface area contributed by atoms with Crippen molar-refractivity contribution in [2.75, 3.05) is 5.32 Å². The Morgan fingerprint density at radius 1 is 1.11 bits per heavy atom. The number of nitrogens with one attached hydrogen (secondary N) is 1. The van der Waals surface area contributed by atoms with E-state index in [1.807, 2.05) is 37.3 Å². The number of hydrogen-bond donors (Lipinski definition) is 2. The molecule has 0 aliphatic heterocycles. The van der Waals surface area contributed by atoms with E-state index in [2.05, 4.69) is 60.9 Å². The molecule has 2 heterocycles. The standard InChI is InChI=1S/C27H28BrN5O2/c1-16-6-5-8-19(14-16)26-32-24-22(33(26)15-18-10-12-20(28)13-11-18)23(30-25(31-24)27(34)35)29-21-9-4-3-7-17(21)2/h5-6,8,10-14,17,21H,3-4,7,9,15H2,1-2H3,(H,34,35)(H,29,30,31). The molecule has 0 saturated heterocycles. The summed E-state index contributed by atoms with van der Waals surface area (Å²) < 4.78 is 3.12. The molecule has 4 aromatic rings. The topological polar surface area (TPSA) is 92.9 Å². The first-order valence-electron chi connectivity index (χ1n) is 12.0. The number of hydrogen-bond acceptors (Lipinski definition) is 5. The van der Waals surface area contributed by atoms with Gasteiger partial charge < -0.3 is 15.0 Å². The number of benzene rings is 2. The average Bonchev–Trinajstić information content (AvgIpc) is 3.20. The van der Waals surface area contributed by atoms with Crippen molar-refractivity contribution in [2.45, 2.75) is 52.1 Å². The molecule has 2 aromatic heterocycles. The predicted octanol–water partition coefficient (Wildman–Crippen LogP) is 6.30. The van der Waals surface area contributed by atoms with Crippen LogP contribution >= 0.6 is 15.9 Å². The maximum Gasteiger partial charge on any atom is 0.374 e. The van der Waals surface area contributed by atoms with Crippen LogP contribution in [0, 0.1) is 12.8 Å². The molecule has 1 saturated carbocycles. The number of nitrogens with zero attached hydrogens (tertiary/aromatic N) is 4. The highest BCUT2D eigenvalue weighted by atomic mass is 79.9. The summed E-state index contributed by atoms with van der Waals surface area (Å²) in [6, 6.07) is 16.6. The summed E-state index contributed by atoms with van der Waals surface area (Å²) in [6.45, 7) is 4.84. The minimum Gasteiger partial charge on any atom is -0.475 e. The van der Waals surface area contributed by atoms with E-state index in [4.69, 9.17) is 4.98 Å². The van der Waals surface area contributed by atoms with Crippen molar-refractivity contribution in [2.24, 2.45) is 5.92 Å². The molecule has 35 heavy (non-hydrogen) atoms. The van der Waals surface area contributed by atoms with E-state index in [9.17, 15) is 9.90 Å². The maximum absolute atomic E-state index is 11.9. The molecule has 0 spiro atoms. The number of carbonyl (C=O) groups is 1. The number of rotatable bonds is 6. The van der Waals surface area contributed by atoms with Crippen LogP contribution in [-0.2, 0) is 6.54 Å². The van der Waals surface area contributed by atoms with E-state index >= 15 is 0 Å². The fraction of sp³-hybridized carbons (Fsp3) is 0.333. The lowest BCUT2D eigenvalue weighted by Gasteiger charge is -2.30. The summed E-state index contributed by atoms with van der Waals surface area (Å²) >= 11 is 3.51. The lowest BCUT2D eigenvalue weighted by atomic mass is 9.86. The number of carboxylic acids is 1. The predicted molar refractivity (Wildman–Crippen MR) is 141 cm³/mol. The lowest BCUT2D eigenvalue weighted by molar-refractivity contribution is 0.0684. The molecular formula is C27H28BrN5O2. The van der Waals surface area contributed by atoms with Crippen LogP contribution in [0.4, 0.5) is 5.82 Å². The number of aromatic nitrogens is 4. The SMILES string of the molecule is Cc1cccc(-c2nc3nc(C(=O)O)nc(NC4CCCCC4C)c3n2Cc2ccc(Br)cc2)c1. The first-order valence-corrected chi connectivity index (χ1v) is 12.8. The van der Waals surface area contributed by atoms with Gasteiger partial charge in [-0.05, 0) is 49.4 Å². The molecule has 2 aromatic carbocycles. The lowest BCUT2D eigenvalue weighted by Crippen LogP contribution is -2.31. The fourth-order valence-electron chi connectivity index (χ4n) is 4.87. The quantitative estimate of drug-likeness (QED) is 0.302. The summed E-state index contributed by atoms with van der Waals surface area (Å²) in [5.74, 6) is 0.345. The van der Waals surface area contributed by atoms with Gasteiger partial charge in [0.15, 0.2) is 11.5 Å². The van der Waals surface area contributed by atoms with E-state index in [0.717, 1.165) is 51.8 Å². The van der Waals surface area contributed by atoms with Crippen LogP contribution in [0.25, 0.3) is 22.6 Å². The normalized spacial score (nSPS) is 18.0. The maximum atomic E-state index is 11.9. The Balaban J connectivity index is 1.72. The summed E-state index contributed by atoms with van der Waals surface area (Å²) in [6.07, 6.45) is 4.54. The van der Waals surface area contributed by atoms with E-state index in [1.54, 1.807) is 0 Å². The van der Waals surface area contributed by atoms with Crippen molar-refractivity contribution >= 4 is 38.9 Å². The number of halogens is 1. The summed E-state index contributed by atoms with van der Waals surface area (Å²) in [7, 11) is 0. The Kier molecular flexibility index (Phi) is 6.56. The van der Waals surface area contributed by atoms with Crippen molar-refractivity contribution < 1.29 is 9.90 Å². The zero-order valence-electron chi connectivity index (χ0n) is 19.8. The molecule has 2 atom stereocenters. The Hall–Kier alpha value is -3.26. The second kappa shape index (κ2) is 9.77. The number of carboxylic acid groups (broad SMARTS) is 1. The number of aryl methyl sites for hydroxylation is 1. The van der Waals surface area contributed by atoms with E-state index in [-0.39, 0.29) is 11.9 Å². The van der Waals surface area contributed by atoms with Gasteiger partial charge in [-0.1, -0.05) is 71.6 Å². The van der Waals surface area contributed by atoms with Gasteiger partial charge in [0.1, 0.15) is 11.3 Å². The molecular weight excluding hydrogens is 506 g/mol. The third kappa shape index (κ3) is 4.93. The van der Waals surface area contributed by atoms with Crippen LogP contribution < -0.4 is 5.32 Å². The fourth-order valence-corrected chi connectivity index (χ4v) is 5.13. The van der Waals surface area contributed by atoms with Gasteiger partial charge >= 0.3 is 5.97 Å². The average molecular weight is 534 g/mol. The Bertz CT molecular complexity index is 1380. The second-order valence-corrected chi connectivity index (χ2v) is 10.3. The van der Waals surface area contributed by atoms with Crippen molar-refractivity contribution in [3.63, 3.8) is 0 Å². The molecule has 7 nitrogen and oxygen atoms in total.